The first-order valence-corrected chi connectivity index (χ1v) is 9.72. The highest BCUT2D eigenvalue weighted by atomic mass is 127. The molecule has 1 aromatic heterocycles. The Hall–Kier alpha value is -1.68. The Morgan fingerprint density at radius 1 is 1.25 bits per heavy atom. The van der Waals surface area contributed by atoms with Crippen molar-refractivity contribution in [3.05, 3.63) is 42.5 Å². The second-order valence-corrected chi connectivity index (χ2v) is 7.10. The zero-order chi connectivity index (χ0) is 19.0. The van der Waals surface area contributed by atoms with Gasteiger partial charge < -0.3 is 15.4 Å². The van der Waals surface area contributed by atoms with Gasteiger partial charge in [-0.25, -0.2) is 4.99 Å². The van der Waals surface area contributed by atoms with Gasteiger partial charge in [0.1, 0.15) is 12.9 Å². The van der Waals surface area contributed by atoms with Crippen molar-refractivity contribution in [3.63, 3.8) is 0 Å². The summed E-state index contributed by atoms with van der Waals surface area (Å²) in [5, 5.41) is 15.1. The lowest BCUT2D eigenvalue weighted by Crippen LogP contribution is -2.47. The van der Waals surface area contributed by atoms with Gasteiger partial charge in [0.05, 0.1) is 0 Å². The Kier molecular flexibility index (Phi) is 9.17. The minimum atomic E-state index is 0. The van der Waals surface area contributed by atoms with E-state index >= 15 is 0 Å². The number of rotatable bonds is 9. The van der Waals surface area contributed by atoms with E-state index in [4.69, 9.17) is 9.73 Å². The van der Waals surface area contributed by atoms with Gasteiger partial charge in [-0.1, -0.05) is 24.6 Å². The van der Waals surface area contributed by atoms with Gasteiger partial charge in [0, 0.05) is 32.5 Å². The summed E-state index contributed by atoms with van der Waals surface area (Å²) < 4.78 is 7.26. The molecule has 2 aromatic rings. The number of para-hydroxylation sites is 1. The molecule has 0 atom stereocenters. The van der Waals surface area contributed by atoms with Crippen LogP contribution in [0.5, 0.6) is 0 Å². The van der Waals surface area contributed by atoms with E-state index < -0.39 is 0 Å². The maximum atomic E-state index is 5.29. The van der Waals surface area contributed by atoms with Crippen molar-refractivity contribution in [3.8, 4) is 5.69 Å². The van der Waals surface area contributed by atoms with Crippen LogP contribution in [0, 0.1) is 5.41 Å². The lowest BCUT2D eigenvalue weighted by molar-refractivity contribution is 0.0732. The average Bonchev–Trinajstić information content (AvgIpc) is 3.14. The molecule has 1 aliphatic rings. The maximum absolute atomic E-state index is 5.29. The van der Waals surface area contributed by atoms with E-state index in [1.807, 2.05) is 34.9 Å². The van der Waals surface area contributed by atoms with E-state index in [1.54, 1.807) is 13.4 Å². The van der Waals surface area contributed by atoms with Crippen molar-refractivity contribution in [1.29, 1.82) is 0 Å². The number of benzene rings is 1. The van der Waals surface area contributed by atoms with Crippen LogP contribution in [0.25, 0.3) is 5.69 Å². The highest BCUT2D eigenvalue weighted by Gasteiger charge is 2.36. The number of guanidine groups is 1. The number of hydrogen-bond donors (Lipinski definition) is 2. The SMILES string of the molecule is CCNC(=NCc1nncn1-c1ccccc1)NCC1(CCOC)CCC1.I. The summed E-state index contributed by atoms with van der Waals surface area (Å²) in [6, 6.07) is 10.1. The first kappa shape index (κ1) is 22.6. The first-order valence-electron chi connectivity index (χ1n) is 9.72. The van der Waals surface area contributed by atoms with Gasteiger partial charge in [0.25, 0.3) is 0 Å². The van der Waals surface area contributed by atoms with Crippen LogP contribution in [0.4, 0.5) is 0 Å². The van der Waals surface area contributed by atoms with Gasteiger partial charge in [-0.2, -0.15) is 0 Å². The van der Waals surface area contributed by atoms with E-state index in [9.17, 15) is 0 Å². The van der Waals surface area contributed by atoms with Gasteiger partial charge >= 0.3 is 0 Å². The number of hydrogen-bond acceptors (Lipinski definition) is 4. The fraction of sp³-hybridized carbons (Fsp3) is 0.550. The normalized spacial score (nSPS) is 15.4. The zero-order valence-corrected chi connectivity index (χ0v) is 19.1. The van der Waals surface area contributed by atoms with E-state index in [0.29, 0.717) is 12.0 Å². The third-order valence-corrected chi connectivity index (χ3v) is 5.26. The number of nitrogens with one attached hydrogen (secondary N) is 2. The molecule has 0 radical (unpaired) electrons. The lowest BCUT2D eigenvalue weighted by Gasteiger charge is -2.42. The predicted octanol–water partition coefficient (Wildman–Crippen LogP) is 3.15. The minimum Gasteiger partial charge on any atom is -0.385 e. The van der Waals surface area contributed by atoms with Crippen molar-refractivity contribution in [1.82, 2.24) is 25.4 Å². The van der Waals surface area contributed by atoms with Crippen LogP contribution in [-0.2, 0) is 11.3 Å². The van der Waals surface area contributed by atoms with Crippen LogP contribution in [0.3, 0.4) is 0 Å². The Labute approximate surface area is 184 Å². The Morgan fingerprint density at radius 3 is 2.68 bits per heavy atom. The number of ether oxygens (including phenoxy) is 1. The molecule has 154 valence electrons. The van der Waals surface area contributed by atoms with Crippen molar-refractivity contribution in [2.45, 2.75) is 39.2 Å². The van der Waals surface area contributed by atoms with E-state index in [0.717, 1.165) is 43.6 Å². The van der Waals surface area contributed by atoms with Gasteiger partial charge in [0.2, 0.25) is 0 Å². The van der Waals surface area contributed by atoms with Gasteiger partial charge in [-0.05, 0) is 43.7 Å². The van der Waals surface area contributed by atoms with Crippen molar-refractivity contribution in [2.24, 2.45) is 10.4 Å². The summed E-state index contributed by atoms with van der Waals surface area (Å²) in [5.41, 5.74) is 1.38. The molecule has 1 fully saturated rings. The molecule has 8 heteroatoms. The molecule has 0 aliphatic heterocycles. The van der Waals surface area contributed by atoms with E-state index in [1.165, 1.54) is 19.3 Å². The largest absolute Gasteiger partial charge is 0.385 e. The van der Waals surface area contributed by atoms with Crippen LogP contribution in [0.1, 0.15) is 38.4 Å². The molecule has 0 amide bonds. The molecule has 1 aliphatic carbocycles. The molecule has 1 saturated carbocycles. The van der Waals surface area contributed by atoms with Crippen LogP contribution < -0.4 is 10.6 Å². The van der Waals surface area contributed by atoms with Crippen molar-refractivity contribution in [2.75, 3.05) is 26.8 Å². The van der Waals surface area contributed by atoms with Crippen LogP contribution >= 0.6 is 24.0 Å². The fourth-order valence-electron chi connectivity index (χ4n) is 3.44. The van der Waals surface area contributed by atoms with Crippen LogP contribution in [0.15, 0.2) is 41.7 Å². The van der Waals surface area contributed by atoms with Gasteiger partial charge in [-0.15, -0.1) is 34.2 Å². The van der Waals surface area contributed by atoms with Crippen molar-refractivity contribution < 1.29 is 4.74 Å². The van der Waals surface area contributed by atoms with Crippen LogP contribution in [0.2, 0.25) is 0 Å². The molecule has 28 heavy (non-hydrogen) atoms. The summed E-state index contributed by atoms with van der Waals surface area (Å²) in [6.07, 6.45) is 6.64. The molecular formula is C20H31IN6O. The predicted molar refractivity (Wildman–Crippen MR) is 122 cm³/mol. The summed E-state index contributed by atoms with van der Waals surface area (Å²) in [5.74, 6) is 1.64. The highest BCUT2D eigenvalue weighted by molar-refractivity contribution is 14.0. The number of aliphatic imine (C=N–C) groups is 1. The molecule has 2 N–H and O–H groups in total. The maximum Gasteiger partial charge on any atom is 0.191 e. The number of methoxy groups -OCH3 is 1. The first-order chi connectivity index (χ1) is 13.3. The second kappa shape index (κ2) is 11.4. The quantitative estimate of drug-likeness (QED) is 0.316. The second-order valence-electron chi connectivity index (χ2n) is 7.10. The summed E-state index contributed by atoms with van der Waals surface area (Å²) in [4.78, 5) is 4.72. The Balaban J connectivity index is 0.00000280. The smallest absolute Gasteiger partial charge is 0.191 e. The van der Waals surface area contributed by atoms with Crippen LogP contribution in [-0.4, -0.2) is 47.5 Å². The van der Waals surface area contributed by atoms with Gasteiger partial charge in [0.15, 0.2) is 11.8 Å². The monoisotopic (exact) mass is 498 g/mol. The molecule has 0 saturated heterocycles. The molecule has 0 bridgehead atoms. The Morgan fingerprint density at radius 2 is 2.04 bits per heavy atom. The average molecular weight is 498 g/mol. The number of nitrogens with zero attached hydrogens (tertiary/aromatic N) is 4. The molecule has 0 spiro atoms. The molecular weight excluding hydrogens is 467 g/mol. The lowest BCUT2D eigenvalue weighted by atomic mass is 9.67. The molecule has 1 heterocycles. The molecule has 3 rings (SSSR count). The van der Waals surface area contributed by atoms with E-state index in [2.05, 4.69) is 27.8 Å². The molecule has 1 aromatic carbocycles. The zero-order valence-electron chi connectivity index (χ0n) is 16.7. The summed E-state index contributed by atoms with van der Waals surface area (Å²) in [6.45, 7) is 5.11. The Bertz CT molecular complexity index is 729. The highest BCUT2D eigenvalue weighted by Crippen LogP contribution is 2.43. The minimum absolute atomic E-state index is 0. The topological polar surface area (TPSA) is 76.4 Å². The molecule has 7 nitrogen and oxygen atoms in total. The van der Waals surface area contributed by atoms with E-state index in [-0.39, 0.29) is 24.0 Å². The standard InChI is InChI=1S/C20H30N6O.HI/c1-3-21-19(23-15-20(10-7-11-20)12-13-27-2)22-14-18-25-24-16-26(18)17-8-5-4-6-9-17;/h4-6,8-9,16H,3,7,10-15H2,1-2H3,(H2,21,22,23);1H. The third kappa shape index (κ3) is 5.91. The van der Waals surface area contributed by atoms with Gasteiger partial charge in [-0.3, -0.25) is 4.57 Å². The third-order valence-electron chi connectivity index (χ3n) is 5.26. The summed E-state index contributed by atoms with van der Waals surface area (Å²) in [7, 11) is 1.77. The molecule has 0 unspecified atom stereocenters. The summed E-state index contributed by atoms with van der Waals surface area (Å²) >= 11 is 0. The number of aromatic nitrogens is 3. The van der Waals surface area contributed by atoms with Crippen molar-refractivity contribution >= 4 is 29.9 Å². The number of halogens is 1. The fourth-order valence-corrected chi connectivity index (χ4v) is 3.44.